The first-order valence-electron chi connectivity index (χ1n) is 5.40. The molecule has 1 aromatic heterocycles. The zero-order valence-corrected chi connectivity index (χ0v) is 11.3. The van der Waals surface area contributed by atoms with Gasteiger partial charge in [-0.05, 0) is 30.5 Å². The molecule has 1 N–H and O–H groups in total. The van der Waals surface area contributed by atoms with Crippen LogP contribution in [0.3, 0.4) is 0 Å². The number of halogens is 1. The van der Waals surface area contributed by atoms with Gasteiger partial charge >= 0.3 is 0 Å². The maximum absolute atomic E-state index is 4.36. The Morgan fingerprint density at radius 2 is 2.06 bits per heavy atom. The Bertz CT molecular complexity index is 500. The van der Waals surface area contributed by atoms with Crippen molar-refractivity contribution < 1.29 is 0 Å². The molecule has 84 valence electrons. The zero-order valence-electron chi connectivity index (χ0n) is 9.71. The number of aromatic amines is 1. The third-order valence-corrected chi connectivity index (χ3v) is 3.62. The Labute approximate surface area is 104 Å². The van der Waals surface area contributed by atoms with Gasteiger partial charge in [0.2, 0.25) is 0 Å². The average molecular weight is 279 g/mol. The van der Waals surface area contributed by atoms with Gasteiger partial charge in [-0.1, -0.05) is 41.9 Å². The summed E-state index contributed by atoms with van der Waals surface area (Å²) in [5.74, 6) is 0.480. The minimum Gasteiger partial charge on any atom is -0.282 e. The number of aromatic nitrogens is 2. The quantitative estimate of drug-likeness (QED) is 0.873. The predicted molar refractivity (Wildman–Crippen MR) is 70.5 cm³/mol. The molecule has 0 saturated carbocycles. The van der Waals surface area contributed by atoms with E-state index in [-0.39, 0.29) is 0 Å². The lowest BCUT2D eigenvalue weighted by Gasteiger charge is -2.03. The van der Waals surface area contributed by atoms with Gasteiger partial charge < -0.3 is 0 Å². The van der Waals surface area contributed by atoms with Crippen molar-refractivity contribution in [1.29, 1.82) is 0 Å². The number of benzene rings is 1. The number of hydrogen-bond acceptors (Lipinski definition) is 1. The Morgan fingerprint density at radius 1 is 1.31 bits per heavy atom. The molecule has 0 fully saturated rings. The minimum atomic E-state index is 0.480. The summed E-state index contributed by atoms with van der Waals surface area (Å²) in [6.45, 7) is 6.42. The minimum absolute atomic E-state index is 0.480. The fourth-order valence-electron chi connectivity index (χ4n) is 1.66. The highest BCUT2D eigenvalue weighted by atomic mass is 79.9. The highest BCUT2D eigenvalue weighted by Gasteiger charge is 2.09. The van der Waals surface area contributed by atoms with Crippen LogP contribution in [0.4, 0.5) is 0 Å². The van der Waals surface area contributed by atoms with Gasteiger partial charge in [0, 0.05) is 15.7 Å². The molecular formula is C13H15BrN2. The van der Waals surface area contributed by atoms with Gasteiger partial charge in [-0.15, -0.1) is 0 Å². The first kappa shape index (κ1) is 11.4. The van der Waals surface area contributed by atoms with Crippen LogP contribution >= 0.6 is 15.9 Å². The van der Waals surface area contributed by atoms with Gasteiger partial charge in [0.25, 0.3) is 0 Å². The summed E-state index contributed by atoms with van der Waals surface area (Å²) in [4.78, 5) is 0. The summed E-state index contributed by atoms with van der Waals surface area (Å²) in [7, 11) is 0. The van der Waals surface area contributed by atoms with Crippen molar-refractivity contribution in [3.63, 3.8) is 0 Å². The van der Waals surface area contributed by atoms with Gasteiger partial charge in [0.15, 0.2) is 0 Å². The summed E-state index contributed by atoms with van der Waals surface area (Å²) in [6.07, 6.45) is 0. The first-order valence-corrected chi connectivity index (χ1v) is 6.19. The SMILES string of the molecule is Cc1c(Br)cccc1-c1cc(C(C)C)[nH]n1. The fraction of sp³-hybridized carbons (Fsp3) is 0.308. The predicted octanol–water partition coefficient (Wildman–Crippen LogP) is 4.27. The van der Waals surface area contributed by atoms with Crippen LogP contribution in [-0.2, 0) is 0 Å². The number of nitrogens with zero attached hydrogens (tertiary/aromatic N) is 1. The molecule has 0 aliphatic carbocycles. The van der Waals surface area contributed by atoms with Crippen LogP contribution in [0.15, 0.2) is 28.7 Å². The normalized spacial score (nSPS) is 11.1. The number of nitrogens with one attached hydrogen (secondary N) is 1. The molecule has 1 aromatic carbocycles. The Balaban J connectivity index is 2.47. The average Bonchev–Trinajstić information content (AvgIpc) is 2.71. The third kappa shape index (κ3) is 2.05. The Morgan fingerprint density at radius 3 is 2.69 bits per heavy atom. The first-order chi connectivity index (χ1) is 7.59. The van der Waals surface area contributed by atoms with Gasteiger partial charge in [-0.2, -0.15) is 5.10 Å². The molecule has 2 aromatic rings. The zero-order chi connectivity index (χ0) is 11.7. The molecule has 0 saturated heterocycles. The van der Waals surface area contributed by atoms with Crippen LogP contribution in [0.2, 0.25) is 0 Å². The van der Waals surface area contributed by atoms with Crippen LogP contribution in [0, 0.1) is 6.92 Å². The van der Waals surface area contributed by atoms with Crippen molar-refractivity contribution in [2.24, 2.45) is 0 Å². The van der Waals surface area contributed by atoms with Crippen molar-refractivity contribution in [3.8, 4) is 11.3 Å². The summed E-state index contributed by atoms with van der Waals surface area (Å²) >= 11 is 3.54. The number of rotatable bonds is 2. The highest BCUT2D eigenvalue weighted by Crippen LogP contribution is 2.28. The van der Waals surface area contributed by atoms with Gasteiger partial charge in [0.05, 0.1) is 5.69 Å². The lowest BCUT2D eigenvalue weighted by atomic mass is 10.0. The molecular weight excluding hydrogens is 264 g/mol. The van der Waals surface area contributed by atoms with Crippen molar-refractivity contribution in [2.75, 3.05) is 0 Å². The second-order valence-electron chi connectivity index (χ2n) is 4.28. The van der Waals surface area contributed by atoms with Gasteiger partial charge in [-0.3, -0.25) is 5.10 Å². The van der Waals surface area contributed by atoms with E-state index in [0.29, 0.717) is 5.92 Å². The second-order valence-corrected chi connectivity index (χ2v) is 5.13. The summed E-state index contributed by atoms with van der Waals surface area (Å²) in [5.41, 5.74) is 4.60. The van der Waals surface area contributed by atoms with Crippen molar-refractivity contribution >= 4 is 15.9 Å². The van der Waals surface area contributed by atoms with Crippen LogP contribution in [-0.4, -0.2) is 10.2 Å². The van der Waals surface area contributed by atoms with Gasteiger partial charge in [0.1, 0.15) is 0 Å². The molecule has 0 amide bonds. The van der Waals surface area contributed by atoms with Crippen molar-refractivity contribution in [1.82, 2.24) is 10.2 Å². The smallest absolute Gasteiger partial charge is 0.0926 e. The van der Waals surface area contributed by atoms with Crippen molar-refractivity contribution in [3.05, 3.63) is 40.0 Å². The van der Waals surface area contributed by atoms with E-state index in [0.717, 1.165) is 10.2 Å². The molecule has 0 atom stereocenters. The summed E-state index contributed by atoms with van der Waals surface area (Å²) in [5, 5.41) is 7.45. The lowest BCUT2D eigenvalue weighted by molar-refractivity contribution is 0.811. The fourth-order valence-corrected chi connectivity index (χ4v) is 2.02. The van der Waals surface area contributed by atoms with Gasteiger partial charge in [-0.25, -0.2) is 0 Å². The molecule has 0 unspecified atom stereocenters. The van der Waals surface area contributed by atoms with Crippen LogP contribution < -0.4 is 0 Å². The topological polar surface area (TPSA) is 28.7 Å². The van der Waals surface area contributed by atoms with E-state index in [2.05, 4.69) is 65.1 Å². The van der Waals surface area contributed by atoms with E-state index < -0.39 is 0 Å². The maximum atomic E-state index is 4.36. The van der Waals surface area contributed by atoms with E-state index >= 15 is 0 Å². The molecule has 0 bridgehead atoms. The van der Waals surface area contributed by atoms with E-state index in [1.54, 1.807) is 0 Å². The van der Waals surface area contributed by atoms with Crippen molar-refractivity contribution in [2.45, 2.75) is 26.7 Å². The third-order valence-electron chi connectivity index (χ3n) is 2.76. The highest BCUT2D eigenvalue weighted by molar-refractivity contribution is 9.10. The van der Waals surface area contributed by atoms with E-state index in [1.807, 2.05) is 6.07 Å². The monoisotopic (exact) mass is 278 g/mol. The van der Waals surface area contributed by atoms with E-state index in [1.165, 1.54) is 16.8 Å². The number of H-pyrrole nitrogens is 1. The Kier molecular flexibility index (Phi) is 3.15. The molecule has 2 rings (SSSR count). The van der Waals surface area contributed by atoms with E-state index in [9.17, 15) is 0 Å². The molecule has 0 aliphatic rings. The molecule has 0 spiro atoms. The molecule has 0 radical (unpaired) electrons. The lowest BCUT2D eigenvalue weighted by Crippen LogP contribution is -1.85. The summed E-state index contributed by atoms with van der Waals surface area (Å²) in [6, 6.07) is 8.31. The molecule has 3 heteroatoms. The summed E-state index contributed by atoms with van der Waals surface area (Å²) < 4.78 is 1.12. The molecule has 0 aliphatic heterocycles. The standard InChI is InChI=1S/C13H15BrN2/c1-8(2)12-7-13(16-15-12)10-5-4-6-11(14)9(10)3/h4-8H,1-3H3,(H,15,16). The van der Waals surface area contributed by atoms with Crippen LogP contribution in [0.25, 0.3) is 11.3 Å². The van der Waals surface area contributed by atoms with Crippen LogP contribution in [0.1, 0.15) is 31.0 Å². The molecule has 16 heavy (non-hydrogen) atoms. The second kappa shape index (κ2) is 4.42. The number of hydrogen-bond donors (Lipinski definition) is 1. The van der Waals surface area contributed by atoms with Crippen LogP contribution in [0.5, 0.6) is 0 Å². The van der Waals surface area contributed by atoms with E-state index in [4.69, 9.17) is 0 Å². The molecule has 2 nitrogen and oxygen atoms in total. The Hall–Kier alpha value is -1.09. The molecule has 1 heterocycles. The largest absolute Gasteiger partial charge is 0.282 e. The maximum Gasteiger partial charge on any atom is 0.0926 e.